The van der Waals surface area contributed by atoms with Crippen LogP contribution in [0.15, 0.2) is 36.5 Å². The van der Waals surface area contributed by atoms with Crippen molar-refractivity contribution in [3.8, 4) is 17.0 Å². The van der Waals surface area contributed by atoms with E-state index in [2.05, 4.69) is 15.3 Å². The van der Waals surface area contributed by atoms with Crippen LogP contribution in [0.3, 0.4) is 0 Å². The number of fused-ring (bicyclic) bond motifs is 1. The van der Waals surface area contributed by atoms with E-state index < -0.39 is 27.7 Å². The number of rotatable bonds is 8. The molecule has 3 aromatic rings. The van der Waals surface area contributed by atoms with Crippen LogP contribution in [0.25, 0.3) is 11.3 Å². The summed E-state index contributed by atoms with van der Waals surface area (Å²) < 4.78 is 73.6. The maximum absolute atomic E-state index is 14.9. The molecule has 0 spiro atoms. The molecule has 2 heterocycles. The Morgan fingerprint density at radius 2 is 1.94 bits per heavy atom. The van der Waals surface area contributed by atoms with Gasteiger partial charge >= 0.3 is 0 Å². The Morgan fingerprint density at radius 1 is 1.17 bits per heavy atom. The molecule has 1 aromatic heterocycles. The molecule has 36 heavy (non-hydrogen) atoms. The largest absolute Gasteiger partial charge is 0.486 e. The first-order valence-corrected chi connectivity index (χ1v) is 12.7. The zero-order chi connectivity index (χ0) is 26.0. The van der Waals surface area contributed by atoms with E-state index in [1.807, 2.05) is 23.5 Å². The number of anilines is 3. The van der Waals surface area contributed by atoms with Gasteiger partial charge in [0.15, 0.2) is 17.4 Å². The highest BCUT2D eigenvalue weighted by Crippen LogP contribution is 2.39. The highest BCUT2D eigenvalue weighted by atomic mass is 32.2. The van der Waals surface area contributed by atoms with E-state index in [1.165, 1.54) is 12.1 Å². The van der Waals surface area contributed by atoms with Crippen LogP contribution in [0.1, 0.15) is 25.8 Å². The molecule has 0 bridgehead atoms. The van der Waals surface area contributed by atoms with Crippen molar-refractivity contribution in [2.45, 2.75) is 32.9 Å². The Bertz CT molecular complexity index is 1390. The monoisotopic (exact) mass is 522 g/mol. The van der Waals surface area contributed by atoms with Gasteiger partial charge < -0.3 is 15.0 Å². The van der Waals surface area contributed by atoms with Crippen molar-refractivity contribution in [3.05, 3.63) is 59.5 Å². The number of halogens is 3. The summed E-state index contributed by atoms with van der Waals surface area (Å²) in [6.07, 6.45) is 1.76. The average Bonchev–Trinajstić information content (AvgIpc) is 2.83. The van der Waals surface area contributed by atoms with Gasteiger partial charge in [-0.05, 0) is 37.6 Å². The fraction of sp³-hybridized carbons (Fsp3) is 0.304. The van der Waals surface area contributed by atoms with Gasteiger partial charge in [0.25, 0.3) is 10.2 Å². The molecule has 4 rings (SSSR count). The molecule has 0 saturated heterocycles. The van der Waals surface area contributed by atoms with E-state index >= 15 is 0 Å². The minimum Gasteiger partial charge on any atom is -0.486 e. The van der Waals surface area contributed by atoms with Crippen molar-refractivity contribution in [3.63, 3.8) is 0 Å². The summed E-state index contributed by atoms with van der Waals surface area (Å²) in [5.41, 5.74) is 0.871. The highest BCUT2D eigenvalue weighted by Gasteiger charge is 2.26. The Hall–Kier alpha value is -3.42. The van der Waals surface area contributed by atoms with Gasteiger partial charge in [0.2, 0.25) is 5.95 Å². The molecule has 1 atom stereocenters. The first-order chi connectivity index (χ1) is 17.1. The lowest BCUT2D eigenvalue weighted by atomic mass is 10.1. The maximum atomic E-state index is 14.9. The summed E-state index contributed by atoms with van der Waals surface area (Å²) in [4.78, 5) is 10.1. The SMILES string of the molecule is CCC(C)N1CCOc2c(F)cc(-c3nc(Nc4ccc(CNS(N)(=O)=O)c(F)c4)ncc3F)cc21. The number of aromatic nitrogens is 2. The molecule has 4 N–H and O–H groups in total. The molecule has 0 fully saturated rings. The lowest BCUT2D eigenvalue weighted by molar-refractivity contribution is 0.285. The van der Waals surface area contributed by atoms with Crippen LogP contribution in [-0.4, -0.2) is 37.6 Å². The van der Waals surface area contributed by atoms with Crippen LogP contribution >= 0.6 is 0 Å². The Morgan fingerprint density at radius 3 is 2.64 bits per heavy atom. The topological polar surface area (TPSA) is 122 Å². The number of nitrogens with zero attached hydrogens (tertiary/aromatic N) is 3. The molecular formula is C23H25F3N6O3S. The van der Waals surface area contributed by atoms with E-state index in [0.29, 0.717) is 18.8 Å². The first kappa shape index (κ1) is 25.7. The number of ether oxygens (including phenoxy) is 1. The molecule has 0 aliphatic carbocycles. The van der Waals surface area contributed by atoms with Gasteiger partial charge in [-0.2, -0.15) is 13.1 Å². The van der Waals surface area contributed by atoms with Crippen LogP contribution in [0, 0.1) is 17.5 Å². The summed E-state index contributed by atoms with van der Waals surface area (Å²) in [6.45, 7) is 4.62. The number of hydrogen-bond acceptors (Lipinski definition) is 7. The quantitative estimate of drug-likeness (QED) is 0.413. The van der Waals surface area contributed by atoms with Crippen molar-refractivity contribution < 1.29 is 26.3 Å². The third kappa shape index (κ3) is 5.69. The molecule has 192 valence electrons. The highest BCUT2D eigenvalue weighted by molar-refractivity contribution is 7.87. The van der Waals surface area contributed by atoms with Gasteiger partial charge in [0, 0.05) is 29.4 Å². The van der Waals surface area contributed by atoms with Gasteiger partial charge in [0.1, 0.15) is 18.1 Å². The fourth-order valence-electron chi connectivity index (χ4n) is 3.82. The Labute approximate surface area is 206 Å². The van der Waals surface area contributed by atoms with E-state index in [4.69, 9.17) is 9.88 Å². The van der Waals surface area contributed by atoms with Crippen LogP contribution in [-0.2, 0) is 16.8 Å². The summed E-state index contributed by atoms with van der Waals surface area (Å²) in [5, 5.41) is 7.64. The molecule has 1 aliphatic heterocycles. The van der Waals surface area contributed by atoms with Crippen molar-refractivity contribution in [2.24, 2.45) is 5.14 Å². The first-order valence-electron chi connectivity index (χ1n) is 11.1. The van der Waals surface area contributed by atoms with E-state index in [-0.39, 0.29) is 46.8 Å². The molecule has 2 aromatic carbocycles. The van der Waals surface area contributed by atoms with Crippen molar-refractivity contribution in [1.29, 1.82) is 0 Å². The Kier molecular flexibility index (Phi) is 7.33. The smallest absolute Gasteiger partial charge is 0.274 e. The molecule has 13 heteroatoms. The van der Waals surface area contributed by atoms with Crippen LogP contribution in [0.2, 0.25) is 0 Å². The standard InChI is InChI=1S/C23H25F3N6O3S/c1-3-13(2)32-6-7-35-22-18(25)8-15(9-20(22)32)21-19(26)12-28-23(31-21)30-16-5-4-14(17(24)10-16)11-29-36(27,33)34/h4-5,8-10,12-13,29H,3,6-7,11H2,1-2H3,(H2,27,33,34)(H,28,30,31). The van der Waals surface area contributed by atoms with Crippen molar-refractivity contribution in [1.82, 2.24) is 14.7 Å². The summed E-state index contributed by atoms with van der Waals surface area (Å²) >= 11 is 0. The maximum Gasteiger partial charge on any atom is 0.274 e. The van der Waals surface area contributed by atoms with Crippen molar-refractivity contribution >= 4 is 27.5 Å². The van der Waals surface area contributed by atoms with Crippen molar-refractivity contribution in [2.75, 3.05) is 23.4 Å². The molecule has 1 aliphatic rings. The molecule has 9 nitrogen and oxygen atoms in total. The van der Waals surface area contributed by atoms with Crippen LogP contribution in [0.4, 0.5) is 30.5 Å². The third-order valence-electron chi connectivity index (χ3n) is 5.83. The number of hydrogen-bond donors (Lipinski definition) is 3. The fourth-order valence-corrected chi connectivity index (χ4v) is 4.18. The second-order valence-electron chi connectivity index (χ2n) is 8.29. The minimum absolute atomic E-state index is 0.0469. The lowest BCUT2D eigenvalue weighted by Gasteiger charge is -2.36. The minimum atomic E-state index is -3.98. The predicted molar refractivity (Wildman–Crippen MR) is 130 cm³/mol. The Balaban J connectivity index is 1.63. The second-order valence-corrected chi connectivity index (χ2v) is 9.67. The average molecular weight is 523 g/mol. The van der Waals surface area contributed by atoms with Gasteiger partial charge in [-0.3, -0.25) is 0 Å². The molecule has 0 saturated carbocycles. The van der Waals surface area contributed by atoms with Gasteiger partial charge in [-0.1, -0.05) is 13.0 Å². The number of benzene rings is 2. The van der Waals surface area contributed by atoms with Gasteiger partial charge in [-0.15, -0.1) is 0 Å². The molecule has 0 radical (unpaired) electrons. The summed E-state index contributed by atoms with van der Waals surface area (Å²) in [7, 11) is -3.98. The van der Waals surface area contributed by atoms with Crippen LogP contribution in [0.5, 0.6) is 5.75 Å². The van der Waals surface area contributed by atoms with Gasteiger partial charge in [-0.25, -0.2) is 28.3 Å². The van der Waals surface area contributed by atoms with E-state index in [9.17, 15) is 21.6 Å². The molecular weight excluding hydrogens is 497 g/mol. The zero-order valence-electron chi connectivity index (χ0n) is 19.6. The molecule has 1 unspecified atom stereocenters. The zero-order valence-corrected chi connectivity index (χ0v) is 20.4. The normalized spacial score (nSPS) is 14.2. The second kappa shape index (κ2) is 10.3. The van der Waals surface area contributed by atoms with Crippen LogP contribution < -0.4 is 24.8 Å². The molecule has 0 amide bonds. The lowest BCUT2D eigenvalue weighted by Crippen LogP contribution is -2.39. The summed E-state index contributed by atoms with van der Waals surface area (Å²) in [6, 6.07) is 6.82. The van der Waals surface area contributed by atoms with Gasteiger partial charge in [0.05, 0.1) is 18.4 Å². The summed E-state index contributed by atoms with van der Waals surface area (Å²) in [5.74, 6) is -2.03. The predicted octanol–water partition coefficient (Wildman–Crippen LogP) is 3.59. The number of nitrogens with two attached hydrogens (primary N) is 1. The third-order valence-corrected chi connectivity index (χ3v) is 6.37. The number of nitrogens with one attached hydrogen (secondary N) is 2. The van der Waals surface area contributed by atoms with E-state index in [0.717, 1.165) is 24.8 Å². The van der Waals surface area contributed by atoms with E-state index in [1.54, 1.807) is 6.07 Å².